The van der Waals surface area contributed by atoms with E-state index in [0.717, 1.165) is 43.0 Å². The Balaban J connectivity index is 1.34. The maximum Gasteiger partial charge on any atom is 0.318 e. The quantitative estimate of drug-likeness (QED) is 0.457. The molecule has 0 saturated carbocycles. The van der Waals surface area contributed by atoms with Gasteiger partial charge in [0.25, 0.3) is 0 Å². The van der Waals surface area contributed by atoms with E-state index < -0.39 is 0 Å². The lowest BCUT2D eigenvalue weighted by molar-refractivity contribution is -0.126. The molecule has 9 nitrogen and oxygen atoms in total. The van der Waals surface area contributed by atoms with Gasteiger partial charge in [0.05, 0.1) is 24.9 Å². The molecule has 0 radical (unpaired) electrons. The Hall–Kier alpha value is -3.69. The Morgan fingerprint density at radius 1 is 1.10 bits per heavy atom. The summed E-state index contributed by atoms with van der Waals surface area (Å²) in [6.07, 6.45) is 4.40. The summed E-state index contributed by atoms with van der Waals surface area (Å²) in [5, 5.41) is 12.8. The second kappa shape index (κ2) is 11.4. The van der Waals surface area contributed by atoms with Crippen molar-refractivity contribution in [2.24, 2.45) is 0 Å². The summed E-state index contributed by atoms with van der Waals surface area (Å²) < 4.78 is 6.27. The molecule has 1 amide bonds. The van der Waals surface area contributed by atoms with Crippen molar-refractivity contribution in [3.8, 4) is 6.01 Å². The van der Waals surface area contributed by atoms with E-state index in [1.165, 1.54) is 29.0 Å². The summed E-state index contributed by atoms with van der Waals surface area (Å²) in [6, 6.07) is 15.4. The zero-order valence-corrected chi connectivity index (χ0v) is 23.2. The summed E-state index contributed by atoms with van der Waals surface area (Å²) in [5.41, 5.74) is 3.26. The first-order valence-corrected chi connectivity index (χ1v) is 14.3. The van der Waals surface area contributed by atoms with Crippen LogP contribution in [0, 0.1) is 0 Å². The van der Waals surface area contributed by atoms with Gasteiger partial charge in [0.1, 0.15) is 12.4 Å². The van der Waals surface area contributed by atoms with E-state index >= 15 is 0 Å². The third-order valence-corrected chi connectivity index (χ3v) is 8.66. The third-order valence-electron chi connectivity index (χ3n) is 8.66. The molecule has 0 aliphatic carbocycles. The van der Waals surface area contributed by atoms with Crippen molar-refractivity contribution < 1.29 is 14.6 Å². The highest BCUT2D eigenvalue weighted by Crippen LogP contribution is 2.35. The fourth-order valence-corrected chi connectivity index (χ4v) is 6.36. The lowest BCUT2D eigenvalue weighted by Crippen LogP contribution is -2.56. The maximum absolute atomic E-state index is 12.3. The average molecular weight is 543 g/mol. The van der Waals surface area contributed by atoms with Crippen LogP contribution < -0.4 is 14.5 Å². The number of aliphatic hydroxyl groups is 1. The van der Waals surface area contributed by atoms with Gasteiger partial charge in [-0.05, 0) is 50.4 Å². The number of carbonyl (C=O) groups is 1. The molecule has 3 aromatic rings. The minimum Gasteiger partial charge on any atom is -0.462 e. The molecule has 4 heterocycles. The summed E-state index contributed by atoms with van der Waals surface area (Å²) in [4.78, 5) is 30.8. The standard InChI is InChI=1S/C31H38N6O3/c1-3-29(39)36-16-17-37(24(18-36)20-38)30-26-13-15-35(28-12-6-9-22-8-4-5-11-25(22)28)19-27(26)32-31(33-30)40-21-23-10-7-14-34(23)2/h3-6,8-9,11-12,23-24,38H,1,7,10,13-21H2,2H3. The summed E-state index contributed by atoms with van der Waals surface area (Å²) in [6.45, 7) is 8.21. The van der Waals surface area contributed by atoms with Crippen LogP contribution in [0.5, 0.6) is 6.01 Å². The predicted molar refractivity (Wildman–Crippen MR) is 157 cm³/mol. The molecule has 40 heavy (non-hydrogen) atoms. The molecule has 0 spiro atoms. The SMILES string of the molecule is C=CC(=O)N1CCN(c2nc(OCC3CCCN3C)nc3c2CCN(c2cccc4ccccc24)C3)C(CO)C1. The Morgan fingerprint density at radius 3 is 2.75 bits per heavy atom. The van der Waals surface area contributed by atoms with E-state index in [0.29, 0.717) is 44.8 Å². The molecule has 6 rings (SSSR count). The van der Waals surface area contributed by atoms with Crippen LogP contribution in [0.3, 0.4) is 0 Å². The van der Waals surface area contributed by atoms with E-state index in [2.05, 4.69) is 70.8 Å². The van der Waals surface area contributed by atoms with Crippen LogP contribution in [0.2, 0.25) is 0 Å². The number of ether oxygens (including phenoxy) is 1. The highest BCUT2D eigenvalue weighted by atomic mass is 16.5. The summed E-state index contributed by atoms with van der Waals surface area (Å²) in [7, 11) is 2.14. The van der Waals surface area contributed by atoms with Crippen LogP contribution in [0.1, 0.15) is 24.1 Å². The van der Waals surface area contributed by atoms with Crippen LogP contribution in [-0.2, 0) is 17.8 Å². The van der Waals surface area contributed by atoms with Gasteiger partial charge in [-0.15, -0.1) is 0 Å². The highest BCUT2D eigenvalue weighted by molar-refractivity contribution is 5.94. The number of nitrogens with zero attached hydrogens (tertiary/aromatic N) is 6. The zero-order valence-electron chi connectivity index (χ0n) is 23.2. The Bertz CT molecular complexity index is 1390. The molecular formula is C31H38N6O3. The normalized spacial score (nSPS) is 21.5. The zero-order chi connectivity index (χ0) is 27.6. The largest absolute Gasteiger partial charge is 0.462 e. The summed E-state index contributed by atoms with van der Waals surface area (Å²) >= 11 is 0. The third kappa shape index (κ3) is 5.11. The van der Waals surface area contributed by atoms with Gasteiger partial charge in [0, 0.05) is 48.9 Å². The monoisotopic (exact) mass is 542 g/mol. The molecular weight excluding hydrogens is 504 g/mol. The molecule has 2 atom stereocenters. The van der Waals surface area contributed by atoms with Gasteiger partial charge >= 0.3 is 6.01 Å². The first kappa shape index (κ1) is 26.5. The molecule has 2 aromatic carbocycles. The van der Waals surface area contributed by atoms with E-state index in [4.69, 9.17) is 14.7 Å². The second-order valence-electron chi connectivity index (χ2n) is 11.0. The van der Waals surface area contributed by atoms with Crippen LogP contribution >= 0.6 is 0 Å². The number of aromatic nitrogens is 2. The molecule has 2 saturated heterocycles. The number of likely N-dealkylation sites (tertiary alicyclic amines) is 1. The van der Waals surface area contributed by atoms with Crippen molar-refractivity contribution >= 4 is 28.2 Å². The minimum atomic E-state index is -0.262. The summed E-state index contributed by atoms with van der Waals surface area (Å²) in [5.74, 6) is 0.709. The molecule has 2 unspecified atom stereocenters. The predicted octanol–water partition coefficient (Wildman–Crippen LogP) is 2.86. The van der Waals surface area contributed by atoms with Gasteiger partial charge in [0.2, 0.25) is 5.91 Å². The van der Waals surface area contributed by atoms with E-state index in [1.807, 2.05) is 0 Å². The van der Waals surface area contributed by atoms with E-state index in [9.17, 15) is 9.90 Å². The topological polar surface area (TPSA) is 85.3 Å². The Labute approximate surface area is 235 Å². The maximum atomic E-state index is 12.3. The minimum absolute atomic E-state index is 0.0785. The van der Waals surface area contributed by atoms with Crippen molar-refractivity contribution in [1.29, 1.82) is 0 Å². The number of amides is 1. The average Bonchev–Trinajstić information content (AvgIpc) is 3.42. The number of carbonyl (C=O) groups excluding carboxylic acids is 1. The first-order chi connectivity index (χ1) is 19.6. The second-order valence-corrected chi connectivity index (χ2v) is 11.0. The van der Waals surface area contributed by atoms with Crippen LogP contribution in [0.4, 0.5) is 11.5 Å². The fraction of sp³-hybridized carbons (Fsp3) is 0.452. The van der Waals surface area contributed by atoms with E-state index in [-0.39, 0.29) is 18.6 Å². The molecule has 1 aromatic heterocycles. The van der Waals surface area contributed by atoms with Crippen molar-refractivity contribution in [2.75, 3.05) is 62.8 Å². The molecule has 9 heteroatoms. The van der Waals surface area contributed by atoms with Crippen molar-refractivity contribution in [3.63, 3.8) is 0 Å². The van der Waals surface area contributed by atoms with Crippen LogP contribution in [-0.4, -0.2) is 95.9 Å². The molecule has 210 valence electrons. The van der Waals surface area contributed by atoms with Gasteiger partial charge in [-0.3, -0.25) is 4.79 Å². The number of rotatable bonds is 7. The smallest absolute Gasteiger partial charge is 0.318 e. The van der Waals surface area contributed by atoms with Gasteiger partial charge in [0.15, 0.2) is 0 Å². The van der Waals surface area contributed by atoms with Gasteiger partial charge in [-0.25, -0.2) is 0 Å². The van der Waals surface area contributed by atoms with Crippen molar-refractivity contribution in [1.82, 2.24) is 19.8 Å². The Kier molecular flexibility index (Phi) is 7.58. The fourth-order valence-electron chi connectivity index (χ4n) is 6.36. The van der Waals surface area contributed by atoms with Crippen LogP contribution in [0.25, 0.3) is 10.8 Å². The molecule has 1 N–H and O–H groups in total. The lowest BCUT2D eigenvalue weighted by atomic mass is 10.0. The van der Waals surface area contributed by atoms with Gasteiger partial charge in [-0.2, -0.15) is 9.97 Å². The van der Waals surface area contributed by atoms with Gasteiger partial charge < -0.3 is 29.4 Å². The molecule has 2 fully saturated rings. The molecule has 0 bridgehead atoms. The number of piperazine rings is 1. The number of fused-ring (bicyclic) bond motifs is 2. The van der Waals surface area contributed by atoms with Crippen molar-refractivity contribution in [2.45, 2.75) is 37.9 Å². The number of benzene rings is 2. The lowest BCUT2D eigenvalue weighted by Gasteiger charge is -2.42. The number of aliphatic hydroxyl groups excluding tert-OH is 1. The molecule has 3 aliphatic heterocycles. The van der Waals surface area contributed by atoms with Gasteiger partial charge in [-0.1, -0.05) is 43.0 Å². The number of anilines is 2. The van der Waals surface area contributed by atoms with Crippen molar-refractivity contribution in [3.05, 3.63) is 66.4 Å². The molecule has 3 aliphatic rings. The highest BCUT2D eigenvalue weighted by Gasteiger charge is 2.34. The van der Waals surface area contributed by atoms with Crippen LogP contribution in [0.15, 0.2) is 55.1 Å². The van der Waals surface area contributed by atoms with E-state index in [1.54, 1.807) is 4.90 Å². The number of hydrogen-bond acceptors (Lipinski definition) is 8. The Morgan fingerprint density at radius 2 is 1.95 bits per heavy atom. The number of likely N-dealkylation sites (N-methyl/N-ethyl adjacent to an activating group) is 1. The number of hydrogen-bond donors (Lipinski definition) is 1. The first-order valence-electron chi connectivity index (χ1n) is 14.3.